The predicted molar refractivity (Wildman–Crippen MR) is 101 cm³/mol. The van der Waals surface area contributed by atoms with Crippen LogP contribution in [0, 0.1) is 5.82 Å². The van der Waals surface area contributed by atoms with E-state index in [0.717, 1.165) is 17.5 Å². The van der Waals surface area contributed by atoms with Crippen LogP contribution >= 0.6 is 0 Å². The number of amides is 2. The van der Waals surface area contributed by atoms with Gasteiger partial charge in [0.25, 0.3) is 0 Å². The highest BCUT2D eigenvalue weighted by atomic mass is 19.1. The van der Waals surface area contributed by atoms with E-state index in [4.69, 9.17) is 14.2 Å². The van der Waals surface area contributed by atoms with Gasteiger partial charge in [0.2, 0.25) is 5.75 Å². The maximum atomic E-state index is 13.5. The molecule has 6 nitrogen and oxygen atoms in total. The topological polar surface area (TPSA) is 60.0 Å². The van der Waals surface area contributed by atoms with Gasteiger partial charge in [-0.15, -0.1) is 0 Å². The molecule has 0 bridgehead atoms. The molecule has 2 amide bonds. The van der Waals surface area contributed by atoms with Gasteiger partial charge in [0.05, 0.1) is 27.0 Å². The molecule has 3 rings (SSSR count). The maximum absolute atomic E-state index is 13.5. The fraction of sp³-hybridized carbons (Fsp3) is 0.350. The molecular weight excluding hydrogens is 351 g/mol. The molecule has 0 radical (unpaired) electrons. The predicted octanol–water partition coefficient (Wildman–Crippen LogP) is 3.17. The number of halogens is 1. The van der Waals surface area contributed by atoms with Gasteiger partial charge in [-0.3, -0.25) is 4.90 Å². The lowest BCUT2D eigenvalue weighted by Gasteiger charge is -2.19. The first kappa shape index (κ1) is 18.8. The maximum Gasteiger partial charge on any atom is 0.321 e. The lowest BCUT2D eigenvalue weighted by atomic mass is 10.1. The summed E-state index contributed by atoms with van der Waals surface area (Å²) in [5, 5.41) is 2.89. The standard InChI is InChI=1S/C20H23FN2O4/c1-25-17-7-5-14(18(26-2)19(17)27-3)8-10-22-20(24)23-11-9-13-4-6-15(21)12-16(13)23/h4-7,12H,8-11H2,1-3H3,(H,22,24). The van der Waals surface area contributed by atoms with Crippen LogP contribution in [0.1, 0.15) is 11.1 Å². The van der Waals surface area contributed by atoms with Crippen LogP contribution in [-0.2, 0) is 12.8 Å². The summed E-state index contributed by atoms with van der Waals surface area (Å²) in [5.41, 5.74) is 2.51. The van der Waals surface area contributed by atoms with Crippen molar-refractivity contribution in [1.82, 2.24) is 5.32 Å². The minimum Gasteiger partial charge on any atom is -0.493 e. The van der Waals surface area contributed by atoms with Crippen molar-refractivity contribution in [2.45, 2.75) is 12.8 Å². The summed E-state index contributed by atoms with van der Waals surface area (Å²) in [7, 11) is 4.68. The van der Waals surface area contributed by atoms with E-state index < -0.39 is 0 Å². The molecule has 1 aliphatic rings. The summed E-state index contributed by atoms with van der Waals surface area (Å²) >= 11 is 0. The van der Waals surface area contributed by atoms with Crippen molar-refractivity contribution in [3.8, 4) is 17.2 Å². The molecule has 0 unspecified atom stereocenters. The molecule has 0 aromatic heterocycles. The number of urea groups is 1. The fourth-order valence-electron chi connectivity index (χ4n) is 3.32. The van der Waals surface area contributed by atoms with Crippen molar-refractivity contribution in [2.75, 3.05) is 39.3 Å². The zero-order valence-electron chi connectivity index (χ0n) is 15.7. The summed E-state index contributed by atoms with van der Waals surface area (Å²) in [6.45, 7) is 0.954. The van der Waals surface area contributed by atoms with E-state index in [1.807, 2.05) is 6.07 Å². The number of carbonyl (C=O) groups excluding carboxylic acids is 1. The monoisotopic (exact) mass is 374 g/mol. The number of hydrogen-bond acceptors (Lipinski definition) is 4. The van der Waals surface area contributed by atoms with Gasteiger partial charge >= 0.3 is 6.03 Å². The number of nitrogens with zero attached hydrogens (tertiary/aromatic N) is 1. The molecule has 27 heavy (non-hydrogen) atoms. The van der Waals surface area contributed by atoms with Crippen LogP contribution < -0.4 is 24.4 Å². The molecule has 2 aromatic rings. The van der Waals surface area contributed by atoms with Gasteiger partial charge in [-0.05, 0) is 36.6 Å². The Morgan fingerprint density at radius 3 is 2.59 bits per heavy atom. The Kier molecular flexibility index (Phi) is 5.69. The van der Waals surface area contributed by atoms with Crippen molar-refractivity contribution >= 4 is 11.7 Å². The van der Waals surface area contributed by atoms with Gasteiger partial charge in [-0.25, -0.2) is 9.18 Å². The summed E-state index contributed by atoms with van der Waals surface area (Å²) < 4.78 is 29.6. The van der Waals surface area contributed by atoms with Gasteiger partial charge < -0.3 is 19.5 Å². The molecule has 0 saturated carbocycles. The number of carbonyl (C=O) groups is 1. The average Bonchev–Trinajstić information content (AvgIpc) is 3.10. The Labute approximate surface area is 157 Å². The van der Waals surface area contributed by atoms with E-state index in [2.05, 4.69) is 5.32 Å². The third-order valence-electron chi connectivity index (χ3n) is 4.64. The number of benzene rings is 2. The summed E-state index contributed by atoms with van der Waals surface area (Å²) in [6, 6.07) is 8.00. The van der Waals surface area contributed by atoms with E-state index in [1.54, 1.807) is 38.4 Å². The molecule has 2 aromatic carbocycles. The van der Waals surface area contributed by atoms with E-state index in [0.29, 0.717) is 42.4 Å². The number of ether oxygens (including phenoxy) is 3. The number of rotatable bonds is 6. The van der Waals surface area contributed by atoms with E-state index in [9.17, 15) is 9.18 Å². The highest BCUT2D eigenvalue weighted by Crippen LogP contribution is 2.39. The van der Waals surface area contributed by atoms with E-state index >= 15 is 0 Å². The number of hydrogen-bond donors (Lipinski definition) is 1. The van der Waals surface area contributed by atoms with Crippen molar-refractivity contribution in [2.24, 2.45) is 0 Å². The third-order valence-corrected chi connectivity index (χ3v) is 4.64. The van der Waals surface area contributed by atoms with Crippen molar-refractivity contribution < 1.29 is 23.4 Å². The molecule has 1 heterocycles. The molecular formula is C20H23FN2O4. The number of methoxy groups -OCH3 is 3. The van der Waals surface area contributed by atoms with Crippen LogP contribution in [0.4, 0.5) is 14.9 Å². The minimum absolute atomic E-state index is 0.237. The summed E-state index contributed by atoms with van der Waals surface area (Å²) in [4.78, 5) is 14.1. The van der Waals surface area contributed by atoms with Crippen LogP contribution in [0.5, 0.6) is 17.2 Å². The van der Waals surface area contributed by atoms with Crippen molar-refractivity contribution in [3.63, 3.8) is 0 Å². The van der Waals surface area contributed by atoms with Gasteiger partial charge in [0.15, 0.2) is 11.5 Å². The number of anilines is 1. The molecule has 0 fully saturated rings. The second-order valence-corrected chi connectivity index (χ2v) is 6.15. The third kappa shape index (κ3) is 3.77. The molecule has 0 spiro atoms. The van der Waals surface area contributed by atoms with Gasteiger partial charge in [0.1, 0.15) is 5.82 Å². The Balaban J connectivity index is 1.66. The van der Waals surface area contributed by atoms with Crippen LogP contribution in [0.2, 0.25) is 0 Å². The molecule has 0 saturated heterocycles. The van der Waals surface area contributed by atoms with Crippen LogP contribution in [-0.4, -0.2) is 40.5 Å². The minimum atomic E-state index is -0.344. The smallest absolute Gasteiger partial charge is 0.321 e. The lowest BCUT2D eigenvalue weighted by Crippen LogP contribution is -2.39. The Bertz CT molecular complexity index is 841. The SMILES string of the molecule is COc1ccc(CCNC(=O)N2CCc3ccc(F)cc32)c(OC)c1OC. The highest BCUT2D eigenvalue weighted by Gasteiger charge is 2.25. The molecule has 1 N–H and O–H groups in total. The van der Waals surface area contributed by atoms with Crippen LogP contribution in [0.3, 0.4) is 0 Å². The lowest BCUT2D eigenvalue weighted by molar-refractivity contribution is 0.247. The highest BCUT2D eigenvalue weighted by molar-refractivity contribution is 5.94. The second kappa shape index (κ2) is 8.16. The average molecular weight is 374 g/mol. The summed E-state index contributed by atoms with van der Waals surface area (Å²) in [5.74, 6) is 1.34. The van der Waals surface area contributed by atoms with Crippen LogP contribution in [0.15, 0.2) is 30.3 Å². The fourth-order valence-corrected chi connectivity index (χ4v) is 3.32. The molecule has 0 atom stereocenters. The van der Waals surface area contributed by atoms with Gasteiger partial charge in [-0.1, -0.05) is 12.1 Å². The van der Waals surface area contributed by atoms with E-state index in [1.165, 1.54) is 12.1 Å². The van der Waals surface area contributed by atoms with Gasteiger partial charge in [0, 0.05) is 18.7 Å². The quantitative estimate of drug-likeness (QED) is 0.844. The number of nitrogens with one attached hydrogen (secondary N) is 1. The second-order valence-electron chi connectivity index (χ2n) is 6.15. The number of fused-ring (bicyclic) bond motifs is 1. The Hall–Kier alpha value is -2.96. The first-order valence-corrected chi connectivity index (χ1v) is 8.70. The van der Waals surface area contributed by atoms with Crippen molar-refractivity contribution in [1.29, 1.82) is 0 Å². The van der Waals surface area contributed by atoms with Crippen molar-refractivity contribution in [3.05, 3.63) is 47.3 Å². The zero-order chi connectivity index (χ0) is 19.4. The molecule has 144 valence electrons. The zero-order valence-corrected chi connectivity index (χ0v) is 15.7. The van der Waals surface area contributed by atoms with Gasteiger partial charge in [-0.2, -0.15) is 0 Å². The van der Waals surface area contributed by atoms with Crippen LogP contribution in [0.25, 0.3) is 0 Å². The first-order valence-electron chi connectivity index (χ1n) is 8.70. The molecule has 7 heteroatoms. The largest absolute Gasteiger partial charge is 0.493 e. The molecule has 0 aliphatic carbocycles. The normalized spacial score (nSPS) is 12.5. The summed E-state index contributed by atoms with van der Waals surface area (Å²) in [6.07, 6.45) is 1.28. The van der Waals surface area contributed by atoms with E-state index in [-0.39, 0.29) is 11.8 Å². The Morgan fingerprint density at radius 1 is 1.11 bits per heavy atom. The molecule has 1 aliphatic heterocycles. The first-order chi connectivity index (χ1) is 13.1. The Morgan fingerprint density at radius 2 is 1.89 bits per heavy atom.